The van der Waals surface area contributed by atoms with E-state index in [-0.39, 0.29) is 10.9 Å². The number of rotatable bonds is 2. The van der Waals surface area contributed by atoms with Gasteiger partial charge in [-0.15, -0.1) is 0 Å². The molecule has 1 aliphatic carbocycles. The highest BCUT2D eigenvalue weighted by atomic mass is 35.5. The molecule has 0 radical (unpaired) electrons. The minimum atomic E-state index is -0.398. The average Bonchev–Trinajstić information content (AvgIpc) is 2.35. The highest BCUT2D eigenvalue weighted by Crippen LogP contribution is 2.27. The van der Waals surface area contributed by atoms with Gasteiger partial charge in [-0.2, -0.15) is 5.26 Å². The van der Waals surface area contributed by atoms with Crippen LogP contribution in [0.5, 0.6) is 0 Å². The lowest BCUT2D eigenvalue weighted by atomic mass is 9.87. The van der Waals surface area contributed by atoms with E-state index < -0.39 is 5.82 Å². The number of hydrogen-bond acceptors (Lipinski definition) is 2. The molecule has 0 aromatic heterocycles. The van der Waals surface area contributed by atoms with Crippen molar-refractivity contribution in [1.29, 1.82) is 5.26 Å². The molecule has 0 bridgehead atoms. The predicted molar refractivity (Wildman–Crippen MR) is 66.4 cm³/mol. The van der Waals surface area contributed by atoms with Crippen molar-refractivity contribution in [2.75, 3.05) is 5.32 Å². The maximum atomic E-state index is 13.0. The van der Waals surface area contributed by atoms with Gasteiger partial charge in [0.15, 0.2) is 0 Å². The van der Waals surface area contributed by atoms with Gasteiger partial charge in [0.05, 0.1) is 11.1 Å². The van der Waals surface area contributed by atoms with Gasteiger partial charge >= 0.3 is 0 Å². The lowest BCUT2D eigenvalue weighted by Crippen LogP contribution is -2.25. The van der Waals surface area contributed by atoms with Gasteiger partial charge in [0.2, 0.25) is 0 Å². The van der Waals surface area contributed by atoms with Crippen LogP contribution < -0.4 is 5.32 Å². The molecule has 1 aliphatic rings. The molecule has 0 aliphatic heterocycles. The van der Waals surface area contributed by atoms with Gasteiger partial charge in [0, 0.05) is 17.6 Å². The molecule has 0 saturated heterocycles. The van der Waals surface area contributed by atoms with Crippen LogP contribution in [0, 0.1) is 23.1 Å². The van der Waals surface area contributed by atoms with Crippen LogP contribution in [0.25, 0.3) is 0 Å². The minimum absolute atomic E-state index is 0.140. The van der Waals surface area contributed by atoms with E-state index in [0.717, 1.165) is 31.4 Å². The minimum Gasteiger partial charge on any atom is -0.382 e. The van der Waals surface area contributed by atoms with Crippen molar-refractivity contribution in [3.05, 3.63) is 29.0 Å². The summed E-state index contributed by atoms with van der Waals surface area (Å²) in [4.78, 5) is 0. The molecule has 4 heteroatoms. The lowest BCUT2D eigenvalue weighted by molar-refractivity contribution is 0.397. The summed E-state index contributed by atoms with van der Waals surface area (Å²) < 4.78 is 13.0. The molecular weight excluding hydrogens is 239 g/mol. The summed E-state index contributed by atoms with van der Waals surface area (Å²) in [6, 6.07) is 7.33. The molecule has 0 unspecified atom stereocenters. The fourth-order valence-electron chi connectivity index (χ4n) is 2.19. The zero-order chi connectivity index (χ0) is 12.3. The molecule has 1 aromatic carbocycles. The molecule has 1 aromatic rings. The Morgan fingerprint density at radius 1 is 1.29 bits per heavy atom. The smallest absolute Gasteiger partial charge is 0.141 e. The van der Waals surface area contributed by atoms with Crippen molar-refractivity contribution < 1.29 is 4.39 Å². The molecule has 2 rings (SSSR count). The van der Waals surface area contributed by atoms with Crippen molar-refractivity contribution in [2.45, 2.75) is 31.7 Å². The molecule has 1 saturated carbocycles. The fourth-order valence-corrected chi connectivity index (χ4v) is 2.37. The molecule has 0 atom stereocenters. The second-order valence-corrected chi connectivity index (χ2v) is 4.86. The summed E-state index contributed by atoms with van der Waals surface area (Å²) in [5.41, 5.74) is 0.844. The predicted octanol–water partition coefficient (Wildman–Crippen LogP) is 3.97. The molecule has 1 N–H and O–H groups in total. The lowest BCUT2D eigenvalue weighted by Gasteiger charge is -2.26. The number of hydrogen-bond donors (Lipinski definition) is 1. The number of anilines is 1. The third kappa shape index (κ3) is 3.10. The second kappa shape index (κ2) is 5.37. The summed E-state index contributed by atoms with van der Waals surface area (Å²) in [6.45, 7) is 0. The third-order valence-electron chi connectivity index (χ3n) is 3.20. The maximum absolute atomic E-state index is 13.0. The second-order valence-electron chi connectivity index (χ2n) is 4.45. The number of nitrogens with one attached hydrogen (secondary N) is 1. The van der Waals surface area contributed by atoms with E-state index in [0.29, 0.717) is 6.04 Å². The van der Waals surface area contributed by atoms with Crippen molar-refractivity contribution in [3.63, 3.8) is 0 Å². The van der Waals surface area contributed by atoms with Crippen LogP contribution in [-0.4, -0.2) is 6.04 Å². The Balaban J connectivity index is 1.93. The van der Waals surface area contributed by atoms with Gasteiger partial charge in [0.25, 0.3) is 0 Å². The average molecular weight is 253 g/mol. The van der Waals surface area contributed by atoms with E-state index in [4.69, 9.17) is 16.9 Å². The Kier molecular flexibility index (Phi) is 3.86. The quantitative estimate of drug-likeness (QED) is 0.864. The molecule has 1 fully saturated rings. The first kappa shape index (κ1) is 12.2. The Bertz CT molecular complexity index is 434. The molecule has 17 heavy (non-hydrogen) atoms. The molecule has 0 spiro atoms. The van der Waals surface area contributed by atoms with Crippen molar-refractivity contribution in [1.82, 2.24) is 0 Å². The van der Waals surface area contributed by atoms with E-state index >= 15 is 0 Å². The number of nitrogens with zero attached hydrogens (tertiary/aromatic N) is 1. The first-order valence-corrected chi connectivity index (χ1v) is 6.18. The van der Waals surface area contributed by atoms with Gasteiger partial charge in [-0.25, -0.2) is 4.39 Å². The zero-order valence-corrected chi connectivity index (χ0v) is 10.2. The van der Waals surface area contributed by atoms with E-state index in [1.54, 1.807) is 12.1 Å². The Labute approximate surface area is 105 Å². The molecule has 2 nitrogen and oxygen atoms in total. The van der Waals surface area contributed by atoms with Crippen molar-refractivity contribution in [3.8, 4) is 6.07 Å². The molecule has 0 amide bonds. The Hall–Kier alpha value is -1.27. The van der Waals surface area contributed by atoms with E-state index in [2.05, 4.69) is 11.4 Å². The summed E-state index contributed by atoms with van der Waals surface area (Å²) in [5.74, 6) is -0.199. The summed E-state index contributed by atoms with van der Waals surface area (Å²) in [5, 5.41) is 12.3. The van der Waals surface area contributed by atoms with Crippen molar-refractivity contribution >= 4 is 17.3 Å². The van der Waals surface area contributed by atoms with Gasteiger partial charge < -0.3 is 5.32 Å². The van der Waals surface area contributed by atoms with Crippen molar-refractivity contribution in [2.24, 2.45) is 5.92 Å². The highest BCUT2D eigenvalue weighted by molar-refractivity contribution is 6.31. The van der Waals surface area contributed by atoms with Crippen LogP contribution in [-0.2, 0) is 0 Å². The van der Waals surface area contributed by atoms with E-state index in [1.807, 2.05) is 0 Å². The maximum Gasteiger partial charge on any atom is 0.141 e. The zero-order valence-electron chi connectivity index (χ0n) is 9.42. The summed E-state index contributed by atoms with van der Waals surface area (Å²) in [7, 11) is 0. The van der Waals surface area contributed by atoms with E-state index in [9.17, 15) is 4.39 Å². The molecule has 90 valence electrons. The van der Waals surface area contributed by atoms with Gasteiger partial charge in [-0.05, 0) is 43.9 Å². The van der Waals surface area contributed by atoms with Crippen LogP contribution in [0.2, 0.25) is 5.02 Å². The van der Waals surface area contributed by atoms with E-state index in [1.165, 1.54) is 6.07 Å². The van der Waals surface area contributed by atoms with Crippen LogP contribution in [0.4, 0.5) is 10.1 Å². The first-order chi connectivity index (χ1) is 8.19. The number of halogens is 2. The SMILES string of the molecule is N#CC1CCC(Nc2ccc(F)c(Cl)c2)CC1. The Morgan fingerprint density at radius 2 is 2.00 bits per heavy atom. The molecule has 0 heterocycles. The fraction of sp³-hybridized carbons (Fsp3) is 0.462. The van der Waals surface area contributed by atoms with Crippen LogP contribution in [0.15, 0.2) is 18.2 Å². The normalized spacial score (nSPS) is 24.1. The monoisotopic (exact) mass is 252 g/mol. The van der Waals surface area contributed by atoms with Crippen LogP contribution in [0.1, 0.15) is 25.7 Å². The van der Waals surface area contributed by atoms with Gasteiger partial charge in [-0.3, -0.25) is 0 Å². The first-order valence-electron chi connectivity index (χ1n) is 5.80. The van der Waals surface area contributed by atoms with Gasteiger partial charge in [0.1, 0.15) is 5.82 Å². The van der Waals surface area contributed by atoms with Crippen LogP contribution >= 0.6 is 11.6 Å². The topological polar surface area (TPSA) is 35.8 Å². The Morgan fingerprint density at radius 3 is 2.59 bits per heavy atom. The highest BCUT2D eigenvalue weighted by Gasteiger charge is 2.20. The number of benzene rings is 1. The largest absolute Gasteiger partial charge is 0.382 e. The third-order valence-corrected chi connectivity index (χ3v) is 3.49. The summed E-state index contributed by atoms with van der Waals surface area (Å²) >= 11 is 5.72. The standard InChI is InChI=1S/C13H14ClFN2/c14-12-7-11(5-6-13(12)15)17-10-3-1-9(8-16)2-4-10/h5-7,9-10,17H,1-4H2. The van der Waals surface area contributed by atoms with Crippen LogP contribution in [0.3, 0.4) is 0 Å². The molecular formula is C13H14ClFN2. The number of nitriles is 1. The summed E-state index contributed by atoms with van der Waals surface area (Å²) in [6.07, 6.45) is 3.83. The van der Waals surface area contributed by atoms with Gasteiger partial charge in [-0.1, -0.05) is 11.6 Å².